The van der Waals surface area contributed by atoms with Gasteiger partial charge in [-0.15, -0.1) is 0 Å². The molecule has 0 amide bonds. The molecule has 0 aliphatic heterocycles. The molecule has 0 aromatic rings. The number of thioether (sulfide) groups is 1. The molecule has 0 aliphatic rings. The summed E-state index contributed by atoms with van der Waals surface area (Å²) in [6.45, 7) is 5.98. The van der Waals surface area contributed by atoms with Crippen LogP contribution in [0.1, 0.15) is 20.8 Å². The van der Waals surface area contributed by atoms with Gasteiger partial charge in [0.05, 0.1) is 5.71 Å². The van der Waals surface area contributed by atoms with Crippen LogP contribution in [-0.2, 0) is 0 Å². The van der Waals surface area contributed by atoms with E-state index in [1.54, 1.807) is 11.8 Å². The zero-order chi connectivity index (χ0) is 8.20. The lowest BCUT2D eigenvalue weighted by Gasteiger charge is -2.21. The Morgan fingerprint density at radius 2 is 2.10 bits per heavy atom. The smallest absolute Gasteiger partial charge is 0.0604 e. The highest BCUT2D eigenvalue weighted by molar-refractivity contribution is 7.98. The van der Waals surface area contributed by atoms with Crippen molar-refractivity contribution in [3.05, 3.63) is 0 Å². The Bertz CT molecular complexity index is 132. The van der Waals surface area contributed by atoms with E-state index in [9.17, 15) is 0 Å². The van der Waals surface area contributed by atoms with Crippen molar-refractivity contribution in [2.45, 2.75) is 20.8 Å². The van der Waals surface area contributed by atoms with Crippen LogP contribution in [0.3, 0.4) is 0 Å². The number of nitrogens with zero attached hydrogens (tertiary/aromatic N) is 1. The third-order valence-electron chi connectivity index (χ3n) is 1.63. The molecule has 0 rings (SSSR count). The van der Waals surface area contributed by atoms with Gasteiger partial charge in [0.1, 0.15) is 0 Å². The molecule has 0 aliphatic carbocycles. The lowest BCUT2D eigenvalue weighted by Crippen LogP contribution is -2.24. The summed E-state index contributed by atoms with van der Waals surface area (Å²) in [5.41, 5.74) is 0.815. The van der Waals surface area contributed by atoms with E-state index in [2.05, 4.69) is 19.0 Å². The van der Waals surface area contributed by atoms with Gasteiger partial charge in [-0.3, -0.25) is 0 Å². The summed E-state index contributed by atoms with van der Waals surface area (Å²) in [5, 5.41) is 11.7. The normalized spacial score (nSPS) is 13.8. The second-order valence-corrected chi connectivity index (χ2v) is 3.87. The van der Waals surface area contributed by atoms with Crippen LogP contribution in [0.15, 0.2) is 5.16 Å². The number of oxime groups is 1. The standard InChI is InChI=1S/C7H15NOS/c1-6(8-9)7(2,3)5-10-4/h9H,5H2,1-4H3. The van der Waals surface area contributed by atoms with Crippen LogP contribution in [-0.4, -0.2) is 22.9 Å². The lowest BCUT2D eigenvalue weighted by atomic mass is 9.91. The minimum Gasteiger partial charge on any atom is -0.411 e. The SMILES string of the molecule is CSCC(C)(C)C(C)=NO. The van der Waals surface area contributed by atoms with Crippen molar-refractivity contribution in [3.63, 3.8) is 0 Å². The van der Waals surface area contributed by atoms with Crippen molar-refractivity contribution in [2.75, 3.05) is 12.0 Å². The van der Waals surface area contributed by atoms with Crippen molar-refractivity contribution in [3.8, 4) is 0 Å². The first-order valence-corrected chi connectivity index (χ1v) is 4.62. The van der Waals surface area contributed by atoms with Crippen LogP contribution in [0, 0.1) is 5.41 Å². The van der Waals surface area contributed by atoms with E-state index in [0.717, 1.165) is 11.5 Å². The molecule has 0 bridgehead atoms. The number of rotatable bonds is 3. The summed E-state index contributed by atoms with van der Waals surface area (Å²) in [7, 11) is 0. The van der Waals surface area contributed by atoms with E-state index >= 15 is 0 Å². The van der Waals surface area contributed by atoms with Crippen LogP contribution in [0.5, 0.6) is 0 Å². The zero-order valence-electron chi connectivity index (χ0n) is 7.01. The van der Waals surface area contributed by atoms with Gasteiger partial charge < -0.3 is 5.21 Å². The minimum atomic E-state index is 0.0220. The first-order chi connectivity index (χ1) is 4.54. The van der Waals surface area contributed by atoms with Gasteiger partial charge in [-0.1, -0.05) is 19.0 Å². The maximum absolute atomic E-state index is 8.48. The second kappa shape index (κ2) is 3.86. The van der Waals surface area contributed by atoms with E-state index in [-0.39, 0.29) is 5.41 Å². The second-order valence-electron chi connectivity index (χ2n) is 3.00. The Hall–Kier alpha value is -0.180. The molecule has 3 heteroatoms. The van der Waals surface area contributed by atoms with E-state index in [1.165, 1.54) is 0 Å². The van der Waals surface area contributed by atoms with Crippen LogP contribution >= 0.6 is 11.8 Å². The zero-order valence-corrected chi connectivity index (χ0v) is 7.83. The molecule has 60 valence electrons. The Morgan fingerprint density at radius 1 is 1.60 bits per heavy atom. The highest BCUT2D eigenvalue weighted by atomic mass is 32.2. The first-order valence-electron chi connectivity index (χ1n) is 3.22. The molecule has 10 heavy (non-hydrogen) atoms. The molecule has 0 fully saturated rings. The Kier molecular flexibility index (Phi) is 3.79. The third kappa shape index (κ3) is 2.60. The third-order valence-corrected chi connectivity index (χ3v) is 2.64. The average Bonchev–Trinajstić information content (AvgIpc) is 1.86. The van der Waals surface area contributed by atoms with Gasteiger partial charge in [0, 0.05) is 11.2 Å². The van der Waals surface area contributed by atoms with Crippen molar-refractivity contribution in [2.24, 2.45) is 10.6 Å². The summed E-state index contributed by atoms with van der Waals surface area (Å²) < 4.78 is 0. The van der Waals surface area contributed by atoms with E-state index < -0.39 is 0 Å². The molecule has 0 saturated heterocycles. The van der Waals surface area contributed by atoms with Gasteiger partial charge in [-0.25, -0.2) is 0 Å². The Labute approximate surface area is 66.7 Å². The molecule has 1 N–H and O–H groups in total. The quantitative estimate of drug-likeness (QED) is 0.391. The van der Waals surface area contributed by atoms with Crippen LogP contribution in [0.2, 0.25) is 0 Å². The van der Waals surface area contributed by atoms with Crippen LogP contribution in [0.4, 0.5) is 0 Å². The summed E-state index contributed by atoms with van der Waals surface area (Å²) in [4.78, 5) is 0. The maximum atomic E-state index is 8.48. The van der Waals surface area contributed by atoms with E-state index in [1.807, 2.05) is 13.2 Å². The van der Waals surface area contributed by atoms with Gasteiger partial charge in [-0.2, -0.15) is 11.8 Å². The predicted molar refractivity (Wildman–Crippen MR) is 47.1 cm³/mol. The molecule has 0 aromatic heterocycles. The monoisotopic (exact) mass is 161 g/mol. The van der Waals surface area contributed by atoms with Crippen LogP contribution in [0.25, 0.3) is 0 Å². The molecule has 0 atom stereocenters. The fourth-order valence-electron chi connectivity index (χ4n) is 0.601. The first kappa shape index (κ1) is 9.82. The number of hydrogen-bond acceptors (Lipinski definition) is 3. The molecule has 0 spiro atoms. The lowest BCUT2D eigenvalue weighted by molar-refractivity contribution is 0.311. The number of hydrogen-bond donors (Lipinski definition) is 1. The van der Waals surface area contributed by atoms with Gasteiger partial charge in [0.15, 0.2) is 0 Å². The molecule has 0 saturated carbocycles. The van der Waals surface area contributed by atoms with Crippen molar-refractivity contribution >= 4 is 17.5 Å². The molecule has 0 aromatic carbocycles. The fraction of sp³-hybridized carbons (Fsp3) is 0.857. The van der Waals surface area contributed by atoms with Gasteiger partial charge >= 0.3 is 0 Å². The molecule has 0 radical (unpaired) electrons. The predicted octanol–water partition coefficient (Wildman–Crippen LogP) is 2.23. The molecular weight excluding hydrogens is 146 g/mol. The summed E-state index contributed by atoms with van der Waals surface area (Å²) >= 11 is 1.76. The highest BCUT2D eigenvalue weighted by Gasteiger charge is 2.20. The van der Waals surface area contributed by atoms with Gasteiger partial charge in [-0.05, 0) is 13.2 Å². The Morgan fingerprint density at radius 3 is 2.40 bits per heavy atom. The minimum absolute atomic E-state index is 0.0220. The topological polar surface area (TPSA) is 32.6 Å². The van der Waals surface area contributed by atoms with E-state index in [4.69, 9.17) is 5.21 Å². The highest BCUT2D eigenvalue weighted by Crippen LogP contribution is 2.21. The Balaban J connectivity index is 4.10. The van der Waals surface area contributed by atoms with Crippen molar-refractivity contribution < 1.29 is 5.21 Å². The largest absolute Gasteiger partial charge is 0.411 e. The molecule has 2 nitrogen and oxygen atoms in total. The molecular formula is C7H15NOS. The summed E-state index contributed by atoms with van der Waals surface area (Å²) in [5.74, 6) is 0.989. The maximum Gasteiger partial charge on any atom is 0.0604 e. The molecule has 0 unspecified atom stereocenters. The van der Waals surface area contributed by atoms with Crippen molar-refractivity contribution in [1.29, 1.82) is 0 Å². The average molecular weight is 161 g/mol. The molecule has 0 heterocycles. The van der Waals surface area contributed by atoms with E-state index in [0.29, 0.717) is 0 Å². The van der Waals surface area contributed by atoms with Gasteiger partial charge in [0.2, 0.25) is 0 Å². The fourth-order valence-corrected chi connectivity index (χ4v) is 1.53. The summed E-state index contributed by atoms with van der Waals surface area (Å²) in [6.07, 6.45) is 2.05. The van der Waals surface area contributed by atoms with Gasteiger partial charge in [0.25, 0.3) is 0 Å². The van der Waals surface area contributed by atoms with Crippen molar-refractivity contribution in [1.82, 2.24) is 0 Å². The summed E-state index contributed by atoms with van der Waals surface area (Å²) in [6, 6.07) is 0. The van der Waals surface area contributed by atoms with Crippen LogP contribution < -0.4 is 0 Å².